The standard InChI is InChI=1S/C22H25N5O7S2/c1-22(2)16(20(30)34-9-11-5-7-12(32-3)8-6-11)27-18(29)15(19(27)36(22)31)25-17(28)14(26-33-4)13-10-35-21(23)24-13/h5-8,10,15-16,19H,9H2,1-4H3,(H2,23,24)(H,25,28)/t15-,16+,19-,36?/m1/s1. The largest absolute Gasteiger partial charge is 0.614 e. The van der Waals surface area contributed by atoms with Crippen molar-refractivity contribution in [1.82, 2.24) is 15.2 Å². The van der Waals surface area contributed by atoms with Gasteiger partial charge in [-0.1, -0.05) is 17.3 Å². The van der Waals surface area contributed by atoms with Gasteiger partial charge < -0.3 is 29.9 Å². The number of β-lactam (4-membered cyclic amide) rings is 1. The quantitative estimate of drug-likeness (QED) is 0.160. The highest BCUT2D eigenvalue weighted by Gasteiger charge is 2.73. The Morgan fingerprint density at radius 3 is 2.58 bits per heavy atom. The fourth-order valence-electron chi connectivity index (χ4n) is 4.13. The first kappa shape index (κ1) is 25.7. The molecule has 4 atom stereocenters. The molecule has 12 nitrogen and oxygen atoms in total. The van der Waals surface area contributed by atoms with E-state index in [2.05, 4.69) is 15.5 Å². The van der Waals surface area contributed by atoms with E-state index in [1.165, 1.54) is 17.4 Å². The minimum atomic E-state index is -1.68. The smallest absolute Gasteiger partial charge is 0.334 e. The lowest BCUT2D eigenvalue weighted by molar-refractivity contribution is -0.165. The molecule has 2 fully saturated rings. The predicted octanol–water partition coefficient (Wildman–Crippen LogP) is 0.390. The molecule has 36 heavy (non-hydrogen) atoms. The summed E-state index contributed by atoms with van der Waals surface area (Å²) in [6.45, 7) is 3.23. The zero-order valence-electron chi connectivity index (χ0n) is 19.9. The Morgan fingerprint density at radius 2 is 2.00 bits per heavy atom. The Labute approximate surface area is 213 Å². The lowest BCUT2D eigenvalue weighted by Crippen LogP contribution is -2.72. The second-order valence-electron chi connectivity index (χ2n) is 8.54. The van der Waals surface area contributed by atoms with Crippen LogP contribution in [0.2, 0.25) is 0 Å². The fourth-order valence-corrected chi connectivity index (χ4v) is 6.59. The number of oxime groups is 1. The number of amides is 2. The number of nitrogen functional groups attached to an aromatic ring is 1. The first-order chi connectivity index (χ1) is 17.1. The lowest BCUT2D eigenvalue weighted by atomic mass is 9.96. The number of nitrogens with zero attached hydrogens (tertiary/aromatic N) is 3. The number of nitrogens with one attached hydrogen (secondary N) is 1. The van der Waals surface area contributed by atoms with Crippen LogP contribution >= 0.6 is 11.3 Å². The van der Waals surface area contributed by atoms with Crippen LogP contribution in [-0.2, 0) is 41.7 Å². The summed E-state index contributed by atoms with van der Waals surface area (Å²) >= 11 is -0.573. The Hall–Kier alpha value is -3.36. The number of fused-ring (bicyclic) bond motifs is 1. The maximum Gasteiger partial charge on any atom is 0.334 e. The molecule has 0 radical (unpaired) electrons. The minimum Gasteiger partial charge on any atom is -0.614 e. The molecular weight excluding hydrogens is 510 g/mol. The molecule has 1 unspecified atom stereocenters. The first-order valence-electron chi connectivity index (χ1n) is 10.8. The van der Waals surface area contributed by atoms with Crippen LogP contribution in [0.25, 0.3) is 0 Å². The van der Waals surface area contributed by atoms with Gasteiger partial charge in [-0.05, 0) is 42.7 Å². The third-order valence-electron chi connectivity index (χ3n) is 5.97. The van der Waals surface area contributed by atoms with Gasteiger partial charge in [0.15, 0.2) is 27.7 Å². The average Bonchev–Trinajstić information content (AvgIpc) is 3.36. The Bertz CT molecular complexity index is 1200. The molecule has 2 aromatic rings. The number of rotatable bonds is 8. The van der Waals surface area contributed by atoms with Gasteiger partial charge in [0.25, 0.3) is 11.8 Å². The lowest BCUT2D eigenvalue weighted by Gasteiger charge is -2.41. The van der Waals surface area contributed by atoms with Crippen LogP contribution in [0.1, 0.15) is 25.1 Å². The van der Waals surface area contributed by atoms with Gasteiger partial charge in [-0.25, -0.2) is 9.78 Å². The van der Waals surface area contributed by atoms with Gasteiger partial charge in [0.2, 0.25) is 5.37 Å². The number of aromatic nitrogens is 1. The van der Waals surface area contributed by atoms with Crippen LogP contribution in [0.15, 0.2) is 34.8 Å². The average molecular weight is 536 g/mol. The van der Waals surface area contributed by atoms with Crippen LogP contribution < -0.4 is 15.8 Å². The van der Waals surface area contributed by atoms with Crippen molar-refractivity contribution < 1.29 is 33.2 Å². The first-order valence-corrected chi connectivity index (χ1v) is 12.8. The van der Waals surface area contributed by atoms with E-state index in [-0.39, 0.29) is 23.1 Å². The number of nitrogens with two attached hydrogens (primary N) is 1. The molecule has 2 amide bonds. The highest BCUT2D eigenvalue weighted by atomic mass is 32.2. The fraction of sp³-hybridized carbons (Fsp3) is 0.409. The number of carbonyl (C=O) groups excluding carboxylic acids is 3. The van der Waals surface area contributed by atoms with Crippen molar-refractivity contribution in [3.05, 3.63) is 40.9 Å². The van der Waals surface area contributed by atoms with Gasteiger partial charge in [0, 0.05) is 5.38 Å². The number of hydrogen-bond acceptors (Lipinski definition) is 11. The van der Waals surface area contributed by atoms with Gasteiger partial charge in [0.1, 0.15) is 25.2 Å². The number of benzene rings is 1. The van der Waals surface area contributed by atoms with Crippen LogP contribution in [0, 0.1) is 0 Å². The van der Waals surface area contributed by atoms with Crippen molar-refractivity contribution in [1.29, 1.82) is 0 Å². The Morgan fingerprint density at radius 1 is 1.31 bits per heavy atom. The second-order valence-corrected chi connectivity index (χ2v) is 11.6. The van der Waals surface area contributed by atoms with Crippen molar-refractivity contribution in [2.45, 2.75) is 42.7 Å². The zero-order valence-corrected chi connectivity index (χ0v) is 21.6. The van der Waals surface area contributed by atoms with E-state index in [4.69, 9.17) is 20.0 Å². The van der Waals surface area contributed by atoms with E-state index in [1.54, 1.807) is 45.2 Å². The van der Waals surface area contributed by atoms with Crippen LogP contribution in [0.5, 0.6) is 5.75 Å². The van der Waals surface area contributed by atoms with Crippen molar-refractivity contribution in [2.24, 2.45) is 5.16 Å². The molecule has 14 heteroatoms. The molecular formula is C22H25N5O7S2. The Kier molecular flexibility index (Phi) is 7.11. The van der Waals surface area contributed by atoms with Gasteiger partial charge in [-0.3, -0.25) is 14.5 Å². The maximum absolute atomic E-state index is 13.3. The monoisotopic (exact) mass is 535 g/mol. The number of thiazole rings is 1. The van der Waals surface area contributed by atoms with E-state index < -0.39 is 51.2 Å². The zero-order chi connectivity index (χ0) is 26.2. The Balaban J connectivity index is 1.47. The maximum atomic E-state index is 13.3. The third kappa shape index (κ3) is 4.47. The number of carbonyl (C=O) groups is 3. The van der Waals surface area contributed by atoms with Gasteiger partial charge >= 0.3 is 5.97 Å². The van der Waals surface area contributed by atoms with Crippen molar-refractivity contribution in [3.63, 3.8) is 0 Å². The second kappa shape index (κ2) is 9.95. The number of esters is 1. The molecule has 3 N–H and O–H groups in total. The molecule has 0 aliphatic carbocycles. The summed E-state index contributed by atoms with van der Waals surface area (Å²) in [7, 11) is 2.81. The summed E-state index contributed by atoms with van der Waals surface area (Å²) < 4.78 is 22.8. The van der Waals surface area contributed by atoms with Crippen LogP contribution in [0.3, 0.4) is 0 Å². The molecule has 3 heterocycles. The number of ether oxygens (including phenoxy) is 2. The van der Waals surface area contributed by atoms with Crippen molar-refractivity contribution >= 4 is 51.1 Å². The molecule has 192 valence electrons. The van der Waals surface area contributed by atoms with Gasteiger partial charge in [-0.15, -0.1) is 11.3 Å². The van der Waals surface area contributed by atoms with E-state index in [9.17, 15) is 18.9 Å². The van der Waals surface area contributed by atoms with E-state index in [0.717, 1.165) is 16.9 Å². The highest BCUT2D eigenvalue weighted by Crippen LogP contribution is 2.46. The summed E-state index contributed by atoms with van der Waals surface area (Å²) in [4.78, 5) is 49.0. The predicted molar refractivity (Wildman–Crippen MR) is 131 cm³/mol. The van der Waals surface area contributed by atoms with E-state index in [1.807, 2.05) is 0 Å². The third-order valence-corrected chi connectivity index (χ3v) is 8.84. The molecule has 2 aliphatic heterocycles. The normalized spacial score (nSPS) is 24.5. The summed E-state index contributed by atoms with van der Waals surface area (Å²) in [6.07, 6.45) is 0. The van der Waals surface area contributed by atoms with Crippen LogP contribution in [0.4, 0.5) is 5.13 Å². The van der Waals surface area contributed by atoms with E-state index in [0.29, 0.717) is 5.75 Å². The molecule has 1 aromatic carbocycles. The number of hydrogen-bond donors (Lipinski definition) is 2. The number of anilines is 1. The summed E-state index contributed by atoms with van der Waals surface area (Å²) in [5, 5.41) is 7.09. The van der Waals surface area contributed by atoms with Crippen molar-refractivity contribution in [3.8, 4) is 5.75 Å². The summed E-state index contributed by atoms with van der Waals surface area (Å²) in [6, 6.07) is 4.79. The molecule has 1 aromatic heterocycles. The summed E-state index contributed by atoms with van der Waals surface area (Å²) in [5.74, 6) is -1.31. The topological polar surface area (TPSA) is 168 Å². The summed E-state index contributed by atoms with van der Waals surface area (Å²) in [5.41, 5.74) is 6.36. The molecule has 2 aliphatic rings. The van der Waals surface area contributed by atoms with E-state index >= 15 is 0 Å². The molecule has 4 rings (SSSR count). The van der Waals surface area contributed by atoms with Crippen LogP contribution in [-0.4, -0.2) is 74.4 Å². The molecule has 2 saturated heterocycles. The molecule has 0 bridgehead atoms. The van der Waals surface area contributed by atoms with Gasteiger partial charge in [-0.2, -0.15) is 0 Å². The van der Waals surface area contributed by atoms with Crippen molar-refractivity contribution in [2.75, 3.05) is 20.0 Å². The van der Waals surface area contributed by atoms with Gasteiger partial charge in [0.05, 0.1) is 7.11 Å². The molecule has 0 spiro atoms. The minimum absolute atomic E-state index is 0.0253. The molecule has 0 saturated carbocycles. The SMILES string of the molecule is CON=C(C(=O)N[C@@H]1C(=O)N2[C@@H]1[S+]([O-])C(C)(C)[C@@H]2C(=O)OCc1ccc(OC)cc1)c1csc(N)n1. The number of methoxy groups -OCH3 is 1. The highest BCUT2D eigenvalue weighted by molar-refractivity contribution is 7.94.